The van der Waals surface area contributed by atoms with Crippen molar-refractivity contribution in [3.05, 3.63) is 122 Å². The number of carbonyl (C=O) groups excluding carboxylic acids is 3. The normalized spacial score (nSPS) is 12.9. The topological polar surface area (TPSA) is 78.9 Å². The standard InChI is InChI=1S/C73H122O6/c1-4-7-10-13-16-19-22-25-28-30-32-33-34-35-36-37-38-39-41-42-45-48-51-54-57-60-63-66-72(75)78-69-70(68-77-71(74)65-62-59-56-53-50-47-44-27-24-21-18-15-12-9-6-3)79-73(76)67-64-61-58-55-52-49-46-43-40-31-29-26-23-20-17-14-11-8-5-2/h9,12,17-18,20-22,25-27,29-30,32,34-35,44,50,53,59,62,70H,4-8,10-11,13-16,19,23-24,28,31,33,36-43,45-49,51-52,54-58,60-61,63-69H2,1-3H3/b12-9-,20-17-,21-18-,25-22-,29-26-,32-30-,35-34-,44-27-,53-50-,62-59-. The molecule has 6 nitrogen and oxygen atoms in total. The SMILES string of the molecule is CC/C=C\C/C=C\C/C=C\C/C=C\C/C=C\CC(=O)OCC(COC(=O)CCCCCCCCCCCCCC/C=C\C/C=C\C/C=C\CCCCCCC)OC(=O)CCCCCCCCCCC/C=C\C/C=C\CCCCC. The first kappa shape index (κ1) is 74.8. The van der Waals surface area contributed by atoms with Gasteiger partial charge in [-0.2, -0.15) is 0 Å². The van der Waals surface area contributed by atoms with Crippen LogP contribution in [0, 0.1) is 0 Å². The Labute approximate surface area is 488 Å². The number of hydrogen-bond acceptors (Lipinski definition) is 6. The second-order valence-corrected chi connectivity index (χ2v) is 21.7. The molecule has 0 fully saturated rings. The average molecular weight is 1100 g/mol. The molecule has 0 rings (SSSR count). The van der Waals surface area contributed by atoms with Crippen molar-refractivity contribution < 1.29 is 28.6 Å². The summed E-state index contributed by atoms with van der Waals surface area (Å²) in [6.07, 6.45) is 92.3. The van der Waals surface area contributed by atoms with Crippen LogP contribution in [0.15, 0.2) is 122 Å². The van der Waals surface area contributed by atoms with E-state index in [9.17, 15) is 14.4 Å². The predicted octanol–water partition coefficient (Wildman–Crippen LogP) is 22.8. The Kier molecular flexibility index (Phi) is 62.8. The molecule has 79 heavy (non-hydrogen) atoms. The van der Waals surface area contributed by atoms with Crippen LogP contribution in [-0.4, -0.2) is 37.2 Å². The molecule has 0 heterocycles. The summed E-state index contributed by atoms with van der Waals surface area (Å²) in [5.74, 6) is -1.05. The minimum Gasteiger partial charge on any atom is -0.462 e. The van der Waals surface area contributed by atoms with Gasteiger partial charge in [0.05, 0.1) is 6.42 Å². The van der Waals surface area contributed by atoms with Crippen LogP contribution in [-0.2, 0) is 28.6 Å². The van der Waals surface area contributed by atoms with E-state index < -0.39 is 12.1 Å². The van der Waals surface area contributed by atoms with E-state index in [-0.39, 0.29) is 31.6 Å². The first-order valence-electron chi connectivity index (χ1n) is 33.0. The second kappa shape index (κ2) is 66.3. The molecule has 0 aromatic heterocycles. The van der Waals surface area contributed by atoms with Gasteiger partial charge < -0.3 is 14.2 Å². The van der Waals surface area contributed by atoms with Gasteiger partial charge >= 0.3 is 17.9 Å². The zero-order valence-corrected chi connectivity index (χ0v) is 51.6. The lowest BCUT2D eigenvalue weighted by Crippen LogP contribution is -2.30. The molecule has 1 atom stereocenters. The molecule has 0 aromatic carbocycles. The van der Waals surface area contributed by atoms with Crippen molar-refractivity contribution in [2.24, 2.45) is 0 Å². The summed E-state index contributed by atoms with van der Waals surface area (Å²) in [5, 5.41) is 0. The van der Waals surface area contributed by atoms with Crippen LogP contribution in [0.1, 0.15) is 303 Å². The number of allylic oxidation sites excluding steroid dienone is 19. The molecule has 0 aliphatic rings. The van der Waals surface area contributed by atoms with Crippen LogP contribution < -0.4 is 0 Å². The highest BCUT2D eigenvalue weighted by molar-refractivity contribution is 5.72. The van der Waals surface area contributed by atoms with Gasteiger partial charge in [0.15, 0.2) is 6.10 Å². The van der Waals surface area contributed by atoms with Gasteiger partial charge in [0, 0.05) is 12.8 Å². The van der Waals surface area contributed by atoms with Crippen molar-refractivity contribution in [1.82, 2.24) is 0 Å². The average Bonchev–Trinajstić information content (AvgIpc) is 3.45. The van der Waals surface area contributed by atoms with E-state index in [4.69, 9.17) is 14.2 Å². The van der Waals surface area contributed by atoms with Gasteiger partial charge in [0.25, 0.3) is 0 Å². The third-order valence-corrected chi connectivity index (χ3v) is 14.0. The van der Waals surface area contributed by atoms with Gasteiger partial charge in [-0.25, -0.2) is 0 Å². The minimum atomic E-state index is -0.825. The number of hydrogen-bond donors (Lipinski definition) is 0. The van der Waals surface area contributed by atoms with Gasteiger partial charge in [-0.1, -0.05) is 290 Å². The zero-order chi connectivity index (χ0) is 57.1. The highest BCUT2D eigenvalue weighted by Crippen LogP contribution is 2.16. The summed E-state index contributed by atoms with van der Waals surface area (Å²) in [4.78, 5) is 38.3. The maximum absolute atomic E-state index is 12.9. The van der Waals surface area contributed by atoms with E-state index >= 15 is 0 Å². The lowest BCUT2D eigenvalue weighted by Gasteiger charge is -2.18. The lowest BCUT2D eigenvalue weighted by atomic mass is 10.0. The van der Waals surface area contributed by atoms with Crippen molar-refractivity contribution in [2.75, 3.05) is 13.2 Å². The Morgan fingerprint density at radius 2 is 0.544 bits per heavy atom. The minimum absolute atomic E-state index is 0.112. The Balaban J connectivity index is 4.39. The van der Waals surface area contributed by atoms with E-state index in [1.54, 1.807) is 6.08 Å². The van der Waals surface area contributed by atoms with Gasteiger partial charge in [-0.15, -0.1) is 0 Å². The maximum Gasteiger partial charge on any atom is 0.309 e. The summed E-state index contributed by atoms with van der Waals surface area (Å²) in [6, 6.07) is 0. The highest BCUT2D eigenvalue weighted by Gasteiger charge is 2.19. The third kappa shape index (κ3) is 64.5. The fourth-order valence-electron chi connectivity index (χ4n) is 9.02. The lowest BCUT2D eigenvalue weighted by molar-refractivity contribution is -0.166. The Bertz CT molecular complexity index is 1640. The fraction of sp³-hybridized carbons (Fsp3) is 0.685. The van der Waals surface area contributed by atoms with E-state index in [1.165, 1.54) is 173 Å². The molecular weight excluding hydrogens is 973 g/mol. The van der Waals surface area contributed by atoms with Crippen LogP contribution in [0.25, 0.3) is 0 Å². The van der Waals surface area contributed by atoms with Crippen LogP contribution >= 0.6 is 0 Å². The van der Waals surface area contributed by atoms with Crippen LogP contribution in [0.3, 0.4) is 0 Å². The van der Waals surface area contributed by atoms with Crippen molar-refractivity contribution in [3.8, 4) is 0 Å². The number of ether oxygens (including phenoxy) is 3. The summed E-state index contributed by atoms with van der Waals surface area (Å²) < 4.78 is 16.8. The van der Waals surface area contributed by atoms with Gasteiger partial charge in [0.1, 0.15) is 13.2 Å². The van der Waals surface area contributed by atoms with E-state index in [2.05, 4.69) is 130 Å². The van der Waals surface area contributed by atoms with Crippen LogP contribution in [0.2, 0.25) is 0 Å². The van der Waals surface area contributed by atoms with Gasteiger partial charge in [0.2, 0.25) is 0 Å². The Hall–Kier alpha value is -4.19. The Morgan fingerprint density at radius 1 is 0.278 bits per heavy atom. The molecule has 0 radical (unpaired) electrons. The van der Waals surface area contributed by atoms with E-state index in [0.717, 1.165) is 89.9 Å². The van der Waals surface area contributed by atoms with Crippen LogP contribution in [0.5, 0.6) is 0 Å². The molecule has 0 aliphatic carbocycles. The predicted molar refractivity (Wildman–Crippen MR) is 343 cm³/mol. The van der Waals surface area contributed by atoms with Gasteiger partial charge in [-0.05, 0) is 116 Å². The fourth-order valence-corrected chi connectivity index (χ4v) is 9.02. The molecule has 1 unspecified atom stereocenters. The summed E-state index contributed by atoms with van der Waals surface area (Å²) in [6.45, 7) is 6.42. The van der Waals surface area contributed by atoms with Gasteiger partial charge in [-0.3, -0.25) is 14.4 Å². The smallest absolute Gasteiger partial charge is 0.309 e. The molecule has 0 bridgehead atoms. The van der Waals surface area contributed by atoms with E-state index in [1.807, 2.05) is 6.08 Å². The summed E-state index contributed by atoms with van der Waals surface area (Å²) in [7, 11) is 0. The molecule has 0 spiro atoms. The first-order chi connectivity index (χ1) is 39.0. The maximum atomic E-state index is 12.9. The molecular formula is C73H122O6. The highest BCUT2D eigenvalue weighted by atomic mass is 16.6. The van der Waals surface area contributed by atoms with Crippen molar-refractivity contribution >= 4 is 17.9 Å². The zero-order valence-electron chi connectivity index (χ0n) is 51.6. The molecule has 0 amide bonds. The molecule has 0 aliphatic heterocycles. The van der Waals surface area contributed by atoms with Crippen molar-refractivity contribution in [1.29, 1.82) is 0 Å². The largest absolute Gasteiger partial charge is 0.462 e. The molecule has 0 saturated carbocycles. The van der Waals surface area contributed by atoms with Crippen molar-refractivity contribution in [2.45, 2.75) is 309 Å². The number of carbonyl (C=O) groups is 3. The summed E-state index contributed by atoms with van der Waals surface area (Å²) >= 11 is 0. The summed E-state index contributed by atoms with van der Waals surface area (Å²) in [5.41, 5.74) is 0. The molecule has 0 N–H and O–H groups in total. The number of unbranched alkanes of at least 4 members (excludes halogenated alkanes) is 29. The molecule has 450 valence electrons. The first-order valence-corrected chi connectivity index (χ1v) is 33.0. The number of esters is 3. The van der Waals surface area contributed by atoms with E-state index in [0.29, 0.717) is 12.8 Å². The third-order valence-electron chi connectivity index (χ3n) is 14.0. The molecule has 6 heteroatoms. The molecule has 0 saturated heterocycles. The monoisotopic (exact) mass is 1090 g/mol. The second-order valence-electron chi connectivity index (χ2n) is 21.7. The Morgan fingerprint density at radius 3 is 0.911 bits per heavy atom. The number of rotatable bonds is 59. The molecule has 0 aromatic rings. The van der Waals surface area contributed by atoms with Crippen molar-refractivity contribution in [3.63, 3.8) is 0 Å². The quantitative estimate of drug-likeness (QED) is 0.0261. The van der Waals surface area contributed by atoms with Crippen LogP contribution in [0.4, 0.5) is 0 Å².